The second-order valence-corrected chi connectivity index (χ2v) is 4.91. The van der Waals surface area contributed by atoms with Gasteiger partial charge in [0.1, 0.15) is 0 Å². The number of hydrogen-bond acceptors (Lipinski definition) is 3. The van der Waals surface area contributed by atoms with E-state index in [2.05, 4.69) is 41.9 Å². The topological polar surface area (TPSA) is 39.1 Å². The second-order valence-electron chi connectivity index (χ2n) is 4.91. The van der Waals surface area contributed by atoms with E-state index >= 15 is 0 Å². The van der Waals surface area contributed by atoms with Crippen LogP contribution in [0.25, 0.3) is 0 Å². The van der Waals surface area contributed by atoms with Crippen molar-refractivity contribution in [1.82, 2.24) is 15.1 Å². The zero-order chi connectivity index (χ0) is 13.5. The molecule has 1 heterocycles. The van der Waals surface area contributed by atoms with Gasteiger partial charge in [-0.15, -0.1) is 0 Å². The van der Waals surface area contributed by atoms with Crippen LogP contribution in [0.1, 0.15) is 38.1 Å². The molecular weight excluding hydrogens is 226 g/mol. The van der Waals surface area contributed by atoms with Gasteiger partial charge in [-0.2, -0.15) is 5.10 Å². The molecule has 18 heavy (non-hydrogen) atoms. The first-order valence-electron chi connectivity index (χ1n) is 6.84. The molecule has 1 aromatic heterocycles. The van der Waals surface area contributed by atoms with E-state index in [0.29, 0.717) is 12.1 Å². The Hall–Kier alpha value is -0.870. The van der Waals surface area contributed by atoms with Gasteiger partial charge in [0, 0.05) is 31.8 Å². The number of hydrogen-bond donors (Lipinski definition) is 1. The van der Waals surface area contributed by atoms with Gasteiger partial charge in [0.15, 0.2) is 0 Å². The molecule has 1 N–H and O–H groups in total. The van der Waals surface area contributed by atoms with Crippen LogP contribution in [-0.4, -0.2) is 36.1 Å². The van der Waals surface area contributed by atoms with E-state index < -0.39 is 0 Å². The fourth-order valence-electron chi connectivity index (χ4n) is 2.19. The minimum absolute atomic E-state index is 0.332. The number of likely N-dealkylation sites (N-methyl/N-ethyl adjacent to an activating group) is 1. The van der Waals surface area contributed by atoms with Crippen LogP contribution in [0, 0.1) is 6.92 Å². The van der Waals surface area contributed by atoms with Gasteiger partial charge in [0.05, 0.1) is 11.8 Å². The monoisotopic (exact) mass is 253 g/mol. The minimum Gasteiger partial charge on any atom is -0.382 e. The zero-order valence-electron chi connectivity index (χ0n) is 12.4. The van der Waals surface area contributed by atoms with Gasteiger partial charge in [-0.1, -0.05) is 0 Å². The second kappa shape index (κ2) is 7.54. The average molecular weight is 253 g/mol. The van der Waals surface area contributed by atoms with E-state index in [1.54, 1.807) is 7.11 Å². The van der Waals surface area contributed by atoms with Gasteiger partial charge in [0.25, 0.3) is 0 Å². The predicted molar refractivity (Wildman–Crippen MR) is 74.9 cm³/mol. The van der Waals surface area contributed by atoms with E-state index in [-0.39, 0.29) is 0 Å². The highest BCUT2D eigenvalue weighted by Gasteiger charge is 2.13. The molecular formula is C14H27N3O. The van der Waals surface area contributed by atoms with Crippen molar-refractivity contribution in [1.29, 1.82) is 0 Å². The van der Waals surface area contributed by atoms with Crippen LogP contribution in [-0.2, 0) is 17.7 Å². The van der Waals surface area contributed by atoms with Gasteiger partial charge >= 0.3 is 0 Å². The van der Waals surface area contributed by atoms with E-state index in [1.807, 2.05) is 7.05 Å². The van der Waals surface area contributed by atoms with Crippen molar-refractivity contribution in [3.8, 4) is 0 Å². The molecule has 104 valence electrons. The van der Waals surface area contributed by atoms with Crippen molar-refractivity contribution in [2.24, 2.45) is 0 Å². The smallest absolute Gasteiger partial charge is 0.0596 e. The molecule has 0 saturated heterocycles. The molecule has 0 aliphatic carbocycles. The van der Waals surface area contributed by atoms with Gasteiger partial charge in [0.2, 0.25) is 0 Å². The Morgan fingerprint density at radius 1 is 1.44 bits per heavy atom. The molecule has 0 saturated carbocycles. The standard InChI is InChI=1S/C14H27N3O/c1-6-17-14(9-11(2)16-17)10-13(15-4)8-7-12(3)18-5/h9,12-13,15H,6-8,10H2,1-5H3. The SMILES string of the molecule is CCn1nc(C)cc1CC(CCC(C)OC)NC. The maximum Gasteiger partial charge on any atom is 0.0596 e. The van der Waals surface area contributed by atoms with E-state index in [4.69, 9.17) is 4.74 Å². The highest BCUT2D eigenvalue weighted by atomic mass is 16.5. The molecule has 4 heteroatoms. The fourth-order valence-corrected chi connectivity index (χ4v) is 2.19. The lowest BCUT2D eigenvalue weighted by Crippen LogP contribution is -2.29. The quantitative estimate of drug-likeness (QED) is 0.771. The first-order valence-corrected chi connectivity index (χ1v) is 6.84. The predicted octanol–water partition coefficient (Wildman–Crippen LogP) is 2.16. The summed E-state index contributed by atoms with van der Waals surface area (Å²) in [5, 5.41) is 7.89. The number of nitrogens with zero attached hydrogens (tertiary/aromatic N) is 2. The van der Waals surface area contributed by atoms with E-state index in [9.17, 15) is 0 Å². The lowest BCUT2D eigenvalue weighted by Gasteiger charge is -2.18. The first kappa shape index (κ1) is 15.2. The Balaban J connectivity index is 2.56. The Kier molecular flexibility index (Phi) is 6.36. The summed E-state index contributed by atoms with van der Waals surface area (Å²) in [6.45, 7) is 7.25. The Labute approximate surface area is 111 Å². The lowest BCUT2D eigenvalue weighted by molar-refractivity contribution is 0.106. The molecule has 0 fully saturated rings. The highest BCUT2D eigenvalue weighted by Crippen LogP contribution is 2.11. The van der Waals surface area contributed by atoms with Crippen LogP contribution in [0.4, 0.5) is 0 Å². The molecule has 0 amide bonds. The summed E-state index contributed by atoms with van der Waals surface area (Å²) in [6.07, 6.45) is 3.57. The summed E-state index contributed by atoms with van der Waals surface area (Å²) >= 11 is 0. The summed E-state index contributed by atoms with van der Waals surface area (Å²) in [7, 11) is 3.80. The largest absolute Gasteiger partial charge is 0.382 e. The van der Waals surface area contributed by atoms with Crippen molar-refractivity contribution in [2.75, 3.05) is 14.2 Å². The number of nitrogens with one attached hydrogen (secondary N) is 1. The molecule has 2 unspecified atom stereocenters. The number of aromatic nitrogens is 2. The molecule has 0 aromatic carbocycles. The lowest BCUT2D eigenvalue weighted by atomic mass is 10.0. The van der Waals surface area contributed by atoms with Crippen molar-refractivity contribution < 1.29 is 4.74 Å². The fraction of sp³-hybridized carbons (Fsp3) is 0.786. The summed E-state index contributed by atoms with van der Waals surface area (Å²) < 4.78 is 7.40. The van der Waals surface area contributed by atoms with Gasteiger partial charge in [-0.05, 0) is 46.7 Å². The highest BCUT2D eigenvalue weighted by molar-refractivity contribution is 5.10. The maximum atomic E-state index is 5.30. The maximum absolute atomic E-state index is 5.30. The molecule has 2 atom stereocenters. The number of rotatable bonds is 8. The molecule has 0 spiro atoms. The van der Waals surface area contributed by atoms with Crippen molar-refractivity contribution >= 4 is 0 Å². The Morgan fingerprint density at radius 2 is 2.17 bits per heavy atom. The summed E-state index contributed by atoms with van der Waals surface area (Å²) in [5.41, 5.74) is 2.42. The Bertz CT molecular complexity index is 349. The van der Waals surface area contributed by atoms with Crippen LogP contribution >= 0.6 is 0 Å². The number of methoxy groups -OCH3 is 1. The van der Waals surface area contributed by atoms with Gasteiger partial charge < -0.3 is 10.1 Å². The van der Waals surface area contributed by atoms with Crippen molar-refractivity contribution in [3.05, 3.63) is 17.5 Å². The third-order valence-corrected chi connectivity index (χ3v) is 3.47. The third-order valence-electron chi connectivity index (χ3n) is 3.47. The Morgan fingerprint density at radius 3 is 2.72 bits per heavy atom. The molecule has 0 radical (unpaired) electrons. The summed E-state index contributed by atoms with van der Waals surface area (Å²) in [4.78, 5) is 0. The molecule has 4 nitrogen and oxygen atoms in total. The van der Waals surface area contributed by atoms with Crippen molar-refractivity contribution in [2.45, 2.75) is 58.7 Å². The normalized spacial score (nSPS) is 14.7. The molecule has 0 aliphatic rings. The first-order chi connectivity index (χ1) is 8.60. The molecule has 1 rings (SSSR count). The van der Waals surface area contributed by atoms with Crippen LogP contribution in [0.3, 0.4) is 0 Å². The third kappa shape index (κ3) is 4.42. The van der Waals surface area contributed by atoms with E-state index in [0.717, 1.165) is 31.5 Å². The number of ether oxygens (including phenoxy) is 1. The van der Waals surface area contributed by atoms with E-state index in [1.165, 1.54) is 5.69 Å². The molecule has 0 bridgehead atoms. The van der Waals surface area contributed by atoms with Gasteiger partial charge in [-0.3, -0.25) is 4.68 Å². The van der Waals surface area contributed by atoms with Crippen molar-refractivity contribution in [3.63, 3.8) is 0 Å². The molecule has 1 aromatic rings. The van der Waals surface area contributed by atoms with Crippen LogP contribution < -0.4 is 5.32 Å². The van der Waals surface area contributed by atoms with Crippen LogP contribution in [0.15, 0.2) is 6.07 Å². The molecule has 0 aliphatic heterocycles. The van der Waals surface area contributed by atoms with Gasteiger partial charge in [-0.25, -0.2) is 0 Å². The summed E-state index contributed by atoms with van der Waals surface area (Å²) in [6, 6.07) is 2.68. The summed E-state index contributed by atoms with van der Waals surface area (Å²) in [5.74, 6) is 0. The van der Waals surface area contributed by atoms with Crippen LogP contribution in [0.2, 0.25) is 0 Å². The minimum atomic E-state index is 0.332. The average Bonchev–Trinajstić information content (AvgIpc) is 2.73. The van der Waals surface area contributed by atoms with Crippen LogP contribution in [0.5, 0.6) is 0 Å². The number of aryl methyl sites for hydroxylation is 2. The zero-order valence-corrected chi connectivity index (χ0v) is 12.4.